The summed E-state index contributed by atoms with van der Waals surface area (Å²) in [6.07, 6.45) is 50.9. The summed E-state index contributed by atoms with van der Waals surface area (Å²) in [5.74, 6) is -0.903. The molecule has 0 aromatic heterocycles. The summed E-state index contributed by atoms with van der Waals surface area (Å²) in [6.45, 7) is 4.51. The molecular formula is C45H85NO5S. The highest BCUT2D eigenvalue weighted by molar-refractivity contribution is 7.85. The second-order valence-corrected chi connectivity index (χ2v) is 16.8. The molecule has 0 rings (SSSR count). The van der Waals surface area contributed by atoms with Gasteiger partial charge in [0.05, 0.1) is 17.9 Å². The molecule has 0 fully saturated rings. The van der Waals surface area contributed by atoms with Crippen LogP contribution in [-0.4, -0.2) is 41.9 Å². The van der Waals surface area contributed by atoms with Crippen LogP contribution in [-0.2, 0) is 14.9 Å². The zero-order valence-electron chi connectivity index (χ0n) is 34.2. The lowest BCUT2D eigenvalue weighted by atomic mass is 10.0. The smallest absolute Gasteiger partial charge is 0.266 e. The van der Waals surface area contributed by atoms with Crippen LogP contribution in [0.1, 0.15) is 226 Å². The fraction of sp³-hybridized carbons (Fsp3) is 0.844. The maximum atomic E-state index is 12.6. The van der Waals surface area contributed by atoms with Gasteiger partial charge in [0.25, 0.3) is 10.1 Å². The molecule has 2 unspecified atom stereocenters. The van der Waals surface area contributed by atoms with Crippen LogP contribution >= 0.6 is 0 Å². The van der Waals surface area contributed by atoms with Crippen LogP contribution in [0.5, 0.6) is 0 Å². The van der Waals surface area contributed by atoms with Gasteiger partial charge in [-0.25, -0.2) is 0 Å². The molecule has 52 heavy (non-hydrogen) atoms. The lowest BCUT2D eigenvalue weighted by molar-refractivity contribution is -0.122. The van der Waals surface area contributed by atoms with Crippen molar-refractivity contribution in [3.8, 4) is 0 Å². The van der Waals surface area contributed by atoms with E-state index in [0.717, 1.165) is 57.8 Å². The highest BCUT2D eigenvalue weighted by Crippen LogP contribution is 2.16. The molecule has 3 N–H and O–H groups in total. The summed E-state index contributed by atoms with van der Waals surface area (Å²) in [5, 5.41) is 13.4. The van der Waals surface area contributed by atoms with E-state index in [2.05, 4.69) is 55.6 Å². The van der Waals surface area contributed by atoms with Crippen LogP contribution in [0.2, 0.25) is 0 Å². The minimum absolute atomic E-state index is 0.252. The van der Waals surface area contributed by atoms with Gasteiger partial charge in [-0.15, -0.1) is 0 Å². The number of hydrogen-bond donors (Lipinski definition) is 3. The van der Waals surface area contributed by atoms with Crippen molar-refractivity contribution in [2.75, 3.05) is 5.75 Å². The Morgan fingerprint density at radius 1 is 0.519 bits per heavy atom. The second kappa shape index (κ2) is 39.3. The first kappa shape index (κ1) is 50.6. The third-order valence-corrected chi connectivity index (χ3v) is 10.9. The predicted molar refractivity (Wildman–Crippen MR) is 225 cm³/mol. The molecule has 0 heterocycles. The number of aliphatic hydroxyl groups excluding tert-OH is 1. The van der Waals surface area contributed by atoms with Crippen molar-refractivity contribution >= 4 is 16.0 Å². The summed E-state index contributed by atoms with van der Waals surface area (Å²) in [6, 6.07) is -0.974. The molecule has 0 spiro atoms. The van der Waals surface area contributed by atoms with Crippen molar-refractivity contribution in [2.24, 2.45) is 0 Å². The van der Waals surface area contributed by atoms with Gasteiger partial charge in [-0.1, -0.05) is 204 Å². The third-order valence-electron chi connectivity index (χ3n) is 10.1. The molecule has 0 aliphatic rings. The Morgan fingerprint density at radius 2 is 0.865 bits per heavy atom. The number of carbonyl (C=O) groups excluding carboxylic acids is 1. The van der Waals surface area contributed by atoms with Crippen LogP contribution in [0.15, 0.2) is 36.5 Å². The first-order chi connectivity index (χ1) is 25.3. The quantitative estimate of drug-likeness (QED) is 0.0328. The Hall–Kier alpha value is -1.44. The van der Waals surface area contributed by atoms with Crippen molar-refractivity contribution in [2.45, 2.75) is 238 Å². The number of allylic oxidation sites excluding steroid dienone is 6. The van der Waals surface area contributed by atoms with Gasteiger partial charge < -0.3 is 10.4 Å². The largest absolute Gasteiger partial charge is 0.391 e. The third kappa shape index (κ3) is 39.8. The zero-order chi connectivity index (χ0) is 38.2. The van der Waals surface area contributed by atoms with Crippen molar-refractivity contribution in [1.29, 1.82) is 0 Å². The first-order valence-corrected chi connectivity index (χ1v) is 23.8. The van der Waals surface area contributed by atoms with Gasteiger partial charge in [0.15, 0.2) is 0 Å². The van der Waals surface area contributed by atoms with Crippen LogP contribution in [0.4, 0.5) is 0 Å². The molecule has 0 radical (unpaired) electrons. The summed E-state index contributed by atoms with van der Waals surface area (Å²) in [5.41, 5.74) is 0. The van der Waals surface area contributed by atoms with E-state index in [1.807, 2.05) is 0 Å². The fourth-order valence-electron chi connectivity index (χ4n) is 6.76. The molecule has 0 aromatic rings. The Labute approximate surface area is 323 Å². The molecule has 7 heteroatoms. The topological polar surface area (TPSA) is 104 Å². The minimum Gasteiger partial charge on any atom is -0.391 e. The number of carbonyl (C=O) groups is 1. The van der Waals surface area contributed by atoms with E-state index in [1.54, 1.807) is 0 Å². The Balaban J connectivity index is 3.83. The fourth-order valence-corrected chi connectivity index (χ4v) is 7.52. The Bertz CT molecular complexity index is 961. The van der Waals surface area contributed by atoms with E-state index in [9.17, 15) is 22.9 Å². The van der Waals surface area contributed by atoms with Crippen LogP contribution in [0.25, 0.3) is 0 Å². The average Bonchev–Trinajstić information content (AvgIpc) is 3.11. The van der Waals surface area contributed by atoms with Gasteiger partial charge in [-0.05, 0) is 51.4 Å². The second-order valence-electron chi connectivity index (χ2n) is 15.3. The average molecular weight is 752 g/mol. The summed E-state index contributed by atoms with van der Waals surface area (Å²) in [7, 11) is -4.31. The summed E-state index contributed by atoms with van der Waals surface area (Å²) >= 11 is 0. The van der Waals surface area contributed by atoms with Crippen LogP contribution in [0.3, 0.4) is 0 Å². The van der Waals surface area contributed by atoms with Gasteiger partial charge in [-0.2, -0.15) is 8.42 Å². The highest BCUT2D eigenvalue weighted by Gasteiger charge is 2.26. The number of aliphatic hydroxyl groups is 1. The standard InChI is InChI=1S/C45H85NO5S/c1-3-5-7-9-11-13-15-17-19-20-21-22-23-24-25-26-27-29-31-33-35-37-39-41-45(48)46-43(42-52(49,50)51)44(47)40-38-36-34-32-30-28-18-16-14-12-10-8-6-4-2/h15,17,20-21,23-24,43-44,47H,3-14,16,18-19,22,25-42H2,1-2H3,(H,46,48)(H,49,50,51)/b17-15-,21-20-,24-23-. The number of unbranched alkanes of at least 4 members (excludes halogenated alkanes) is 26. The minimum atomic E-state index is -4.31. The van der Waals surface area contributed by atoms with E-state index < -0.39 is 28.0 Å². The molecule has 0 saturated carbocycles. The van der Waals surface area contributed by atoms with Crippen molar-refractivity contribution in [3.63, 3.8) is 0 Å². The lowest BCUT2D eigenvalue weighted by Gasteiger charge is -2.23. The molecule has 0 aliphatic carbocycles. The number of hydrogen-bond acceptors (Lipinski definition) is 4. The van der Waals surface area contributed by atoms with Gasteiger partial charge in [-0.3, -0.25) is 9.35 Å². The van der Waals surface area contributed by atoms with Crippen molar-refractivity contribution < 1.29 is 22.9 Å². The number of rotatable bonds is 40. The van der Waals surface area contributed by atoms with Gasteiger partial charge in [0, 0.05) is 6.42 Å². The Kier molecular flexibility index (Phi) is 38.2. The van der Waals surface area contributed by atoms with Gasteiger partial charge >= 0.3 is 0 Å². The molecule has 0 saturated heterocycles. The van der Waals surface area contributed by atoms with E-state index in [1.165, 1.54) is 141 Å². The lowest BCUT2D eigenvalue weighted by Crippen LogP contribution is -2.47. The molecule has 306 valence electrons. The molecular weight excluding hydrogens is 667 g/mol. The van der Waals surface area contributed by atoms with Crippen LogP contribution in [0, 0.1) is 0 Å². The van der Waals surface area contributed by atoms with E-state index >= 15 is 0 Å². The van der Waals surface area contributed by atoms with Gasteiger partial charge in [0.1, 0.15) is 0 Å². The maximum absolute atomic E-state index is 12.6. The van der Waals surface area contributed by atoms with Crippen LogP contribution < -0.4 is 5.32 Å². The normalized spacial score (nSPS) is 13.5. The molecule has 6 nitrogen and oxygen atoms in total. The molecule has 2 atom stereocenters. The SMILES string of the molecule is CCCCCCC/C=C\C/C=C\C/C=C\CCCCCCCCCCC(=O)NC(CS(=O)(=O)O)C(O)CCCCCCCCCCCCCCCC. The molecule has 1 amide bonds. The molecule has 0 aliphatic heterocycles. The highest BCUT2D eigenvalue weighted by atomic mass is 32.2. The molecule has 0 aromatic carbocycles. The van der Waals surface area contributed by atoms with E-state index in [-0.39, 0.29) is 5.91 Å². The molecule has 0 bridgehead atoms. The zero-order valence-corrected chi connectivity index (χ0v) is 35.0. The summed E-state index contributed by atoms with van der Waals surface area (Å²) < 4.78 is 32.6. The number of nitrogens with one attached hydrogen (secondary N) is 1. The summed E-state index contributed by atoms with van der Waals surface area (Å²) in [4.78, 5) is 12.6. The maximum Gasteiger partial charge on any atom is 0.266 e. The van der Waals surface area contributed by atoms with E-state index in [0.29, 0.717) is 12.8 Å². The number of amides is 1. The predicted octanol–water partition coefficient (Wildman–Crippen LogP) is 13.3. The Morgan fingerprint density at radius 3 is 1.27 bits per heavy atom. The monoisotopic (exact) mass is 752 g/mol. The van der Waals surface area contributed by atoms with Crippen molar-refractivity contribution in [3.05, 3.63) is 36.5 Å². The van der Waals surface area contributed by atoms with Gasteiger partial charge in [0.2, 0.25) is 5.91 Å². The first-order valence-electron chi connectivity index (χ1n) is 22.2. The van der Waals surface area contributed by atoms with E-state index in [4.69, 9.17) is 0 Å². The van der Waals surface area contributed by atoms with Crippen molar-refractivity contribution in [1.82, 2.24) is 5.32 Å².